The Kier molecular flexibility index (Phi) is 7.77. The zero-order valence-electron chi connectivity index (χ0n) is 17.0. The van der Waals surface area contributed by atoms with Gasteiger partial charge in [-0.15, -0.1) is 0 Å². The summed E-state index contributed by atoms with van der Waals surface area (Å²) < 4.78 is 0. The number of hydrogen-bond donors (Lipinski definition) is 2. The van der Waals surface area contributed by atoms with E-state index in [0.717, 1.165) is 18.2 Å². The van der Waals surface area contributed by atoms with Crippen LogP contribution in [0.5, 0.6) is 0 Å². The molecular weight excluding hydrogens is 316 g/mol. The van der Waals surface area contributed by atoms with Gasteiger partial charge in [-0.2, -0.15) is 0 Å². The first-order valence-electron chi connectivity index (χ1n) is 9.84. The van der Waals surface area contributed by atoms with Gasteiger partial charge in [0.05, 0.1) is 0 Å². The van der Waals surface area contributed by atoms with Crippen molar-refractivity contribution in [2.24, 2.45) is 5.92 Å². The summed E-state index contributed by atoms with van der Waals surface area (Å²) >= 11 is 0. The first kappa shape index (κ1) is 20.1. The summed E-state index contributed by atoms with van der Waals surface area (Å²) in [4.78, 5) is 0. The molecule has 1 unspecified atom stereocenters. The van der Waals surface area contributed by atoms with E-state index < -0.39 is 0 Å². The zero-order valence-corrected chi connectivity index (χ0v) is 17.0. The molecule has 0 heterocycles. The van der Waals surface area contributed by atoms with Gasteiger partial charge in [0, 0.05) is 25.0 Å². The lowest BCUT2D eigenvalue weighted by molar-refractivity contribution is 0.499. The van der Waals surface area contributed by atoms with E-state index in [1.165, 1.54) is 47.2 Å². The molecule has 0 saturated carbocycles. The molecule has 1 atom stereocenters. The molecule has 0 aromatic heterocycles. The second-order valence-corrected chi connectivity index (χ2v) is 7.36. The van der Waals surface area contributed by atoms with E-state index in [0.29, 0.717) is 0 Å². The van der Waals surface area contributed by atoms with E-state index in [1.54, 1.807) is 0 Å². The van der Waals surface area contributed by atoms with Crippen LogP contribution < -0.4 is 10.6 Å². The van der Waals surface area contributed by atoms with E-state index in [1.807, 2.05) is 7.05 Å². The summed E-state index contributed by atoms with van der Waals surface area (Å²) in [6, 6.07) is 15.3. The molecule has 2 rings (SSSR count). The van der Waals surface area contributed by atoms with Crippen LogP contribution in [-0.2, 0) is 0 Å². The average Bonchev–Trinajstić information content (AvgIpc) is 2.62. The number of rotatable bonds is 9. The van der Waals surface area contributed by atoms with Gasteiger partial charge >= 0.3 is 0 Å². The first-order chi connectivity index (χ1) is 12.5. The monoisotopic (exact) mass is 350 g/mol. The van der Waals surface area contributed by atoms with Crippen molar-refractivity contribution in [2.45, 2.75) is 47.0 Å². The van der Waals surface area contributed by atoms with Crippen LogP contribution in [0.15, 0.2) is 42.5 Å². The van der Waals surface area contributed by atoms with E-state index in [-0.39, 0.29) is 0 Å². The molecule has 0 saturated heterocycles. The molecule has 0 aliphatic rings. The maximum absolute atomic E-state index is 3.59. The SMILES string of the molecule is CCCC(C)CCNc1cccc(/C(C)=C/c2cc(C)ccc2NC)c1. The maximum Gasteiger partial charge on any atom is 0.0411 e. The molecule has 2 N–H and O–H groups in total. The van der Waals surface area contributed by atoms with Crippen LogP contribution in [0.3, 0.4) is 0 Å². The van der Waals surface area contributed by atoms with Gasteiger partial charge in [-0.05, 0) is 73.2 Å². The van der Waals surface area contributed by atoms with E-state index in [9.17, 15) is 0 Å². The molecule has 0 aliphatic heterocycles. The second-order valence-electron chi connectivity index (χ2n) is 7.36. The third-order valence-electron chi connectivity index (χ3n) is 4.91. The summed E-state index contributed by atoms with van der Waals surface area (Å²) in [5, 5.41) is 6.87. The fraction of sp³-hybridized carbons (Fsp3) is 0.417. The van der Waals surface area contributed by atoms with Gasteiger partial charge in [0.25, 0.3) is 0 Å². The molecule has 0 fully saturated rings. The Bertz CT molecular complexity index is 731. The van der Waals surface area contributed by atoms with E-state index in [4.69, 9.17) is 0 Å². The Morgan fingerprint density at radius 2 is 1.92 bits per heavy atom. The number of anilines is 2. The summed E-state index contributed by atoms with van der Waals surface area (Å²) in [6.45, 7) is 9.96. The maximum atomic E-state index is 3.59. The Hall–Kier alpha value is -2.22. The highest BCUT2D eigenvalue weighted by atomic mass is 14.9. The largest absolute Gasteiger partial charge is 0.388 e. The van der Waals surface area contributed by atoms with Crippen molar-refractivity contribution in [1.29, 1.82) is 0 Å². The van der Waals surface area contributed by atoms with Crippen LogP contribution in [0.1, 0.15) is 56.7 Å². The van der Waals surface area contributed by atoms with Gasteiger partial charge < -0.3 is 10.6 Å². The third kappa shape index (κ3) is 5.94. The molecule has 2 nitrogen and oxygen atoms in total. The number of hydrogen-bond acceptors (Lipinski definition) is 2. The third-order valence-corrected chi connectivity index (χ3v) is 4.91. The Morgan fingerprint density at radius 3 is 2.65 bits per heavy atom. The standard InChI is InChI=1S/C24H34N2/c1-6-8-18(2)13-14-26-23-10-7-9-21(17-23)20(4)16-22-15-19(3)11-12-24(22)25-5/h7,9-12,15-18,25-26H,6,8,13-14H2,1-5H3/b20-16+. The van der Waals surface area contributed by atoms with Gasteiger partial charge in [-0.1, -0.05) is 50.5 Å². The van der Waals surface area contributed by atoms with Crippen LogP contribution in [0, 0.1) is 12.8 Å². The highest BCUT2D eigenvalue weighted by molar-refractivity contribution is 5.85. The lowest BCUT2D eigenvalue weighted by Crippen LogP contribution is -2.06. The first-order valence-corrected chi connectivity index (χ1v) is 9.84. The molecule has 2 aromatic rings. The van der Waals surface area contributed by atoms with Crippen LogP contribution in [0.4, 0.5) is 11.4 Å². The van der Waals surface area contributed by atoms with Crippen molar-refractivity contribution >= 4 is 23.0 Å². The quantitative estimate of drug-likeness (QED) is 0.484. The molecule has 2 heteroatoms. The van der Waals surface area contributed by atoms with Gasteiger partial charge in [0.1, 0.15) is 0 Å². The van der Waals surface area contributed by atoms with Crippen LogP contribution >= 0.6 is 0 Å². The summed E-state index contributed by atoms with van der Waals surface area (Å²) in [6.07, 6.45) is 6.07. The minimum Gasteiger partial charge on any atom is -0.388 e. The zero-order chi connectivity index (χ0) is 18.9. The van der Waals surface area contributed by atoms with Gasteiger partial charge in [0.2, 0.25) is 0 Å². The predicted octanol–water partition coefficient (Wildman–Crippen LogP) is 6.84. The lowest BCUT2D eigenvalue weighted by Gasteiger charge is -2.13. The smallest absolute Gasteiger partial charge is 0.0411 e. The molecule has 0 radical (unpaired) electrons. The minimum absolute atomic E-state index is 0.790. The number of nitrogens with one attached hydrogen (secondary N) is 2. The Morgan fingerprint density at radius 1 is 1.12 bits per heavy atom. The molecule has 0 aliphatic carbocycles. The molecule has 2 aromatic carbocycles. The van der Waals surface area contributed by atoms with Crippen molar-refractivity contribution < 1.29 is 0 Å². The Balaban J connectivity index is 2.10. The fourth-order valence-electron chi connectivity index (χ4n) is 3.32. The van der Waals surface area contributed by atoms with E-state index in [2.05, 4.69) is 86.9 Å². The average molecular weight is 351 g/mol. The summed E-state index contributed by atoms with van der Waals surface area (Å²) in [5.41, 5.74) is 7.41. The second kappa shape index (κ2) is 10.1. The number of aryl methyl sites for hydroxylation is 1. The van der Waals surface area contributed by atoms with E-state index >= 15 is 0 Å². The summed E-state index contributed by atoms with van der Waals surface area (Å²) in [5.74, 6) is 0.790. The normalized spacial score (nSPS) is 12.7. The van der Waals surface area contributed by atoms with Gasteiger partial charge in [0.15, 0.2) is 0 Å². The molecule has 0 bridgehead atoms. The summed E-state index contributed by atoms with van der Waals surface area (Å²) in [7, 11) is 1.97. The van der Waals surface area contributed by atoms with Crippen molar-refractivity contribution in [3.8, 4) is 0 Å². The van der Waals surface area contributed by atoms with Crippen molar-refractivity contribution in [3.63, 3.8) is 0 Å². The predicted molar refractivity (Wildman–Crippen MR) is 118 cm³/mol. The van der Waals surface area contributed by atoms with Crippen molar-refractivity contribution in [3.05, 3.63) is 59.2 Å². The molecule has 26 heavy (non-hydrogen) atoms. The van der Waals surface area contributed by atoms with Crippen LogP contribution in [0.25, 0.3) is 11.6 Å². The molecule has 0 spiro atoms. The highest BCUT2D eigenvalue weighted by Gasteiger charge is 2.04. The molecule has 0 amide bonds. The number of allylic oxidation sites excluding steroid dienone is 1. The van der Waals surface area contributed by atoms with Crippen molar-refractivity contribution in [1.82, 2.24) is 0 Å². The fourth-order valence-corrected chi connectivity index (χ4v) is 3.32. The van der Waals surface area contributed by atoms with Crippen LogP contribution in [0.2, 0.25) is 0 Å². The topological polar surface area (TPSA) is 24.1 Å². The minimum atomic E-state index is 0.790. The molecular formula is C24H34N2. The Labute approximate surface area is 159 Å². The van der Waals surface area contributed by atoms with Crippen LogP contribution in [-0.4, -0.2) is 13.6 Å². The number of benzene rings is 2. The van der Waals surface area contributed by atoms with Crippen molar-refractivity contribution in [2.75, 3.05) is 24.2 Å². The van der Waals surface area contributed by atoms with Gasteiger partial charge in [-0.25, -0.2) is 0 Å². The lowest BCUT2D eigenvalue weighted by atomic mass is 10.0. The molecule has 140 valence electrons. The highest BCUT2D eigenvalue weighted by Crippen LogP contribution is 2.25. The van der Waals surface area contributed by atoms with Gasteiger partial charge in [-0.3, -0.25) is 0 Å².